The molecule has 2 aromatic carbocycles. The molecule has 5 nitrogen and oxygen atoms in total. The van der Waals surface area contributed by atoms with Gasteiger partial charge in [-0.05, 0) is 29.7 Å². The zero-order valence-corrected chi connectivity index (χ0v) is 15.4. The van der Waals surface area contributed by atoms with Crippen LogP contribution >= 0.6 is 23.2 Å². The fourth-order valence-corrected chi connectivity index (χ4v) is 3.04. The fraction of sp³-hybridized carbons (Fsp3) is 0.158. The third-order valence-electron chi connectivity index (χ3n) is 3.71. The highest BCUT2D eigenvalue weighted by molar-refractivity contribution is 6.35. The van der Waals surface area contributed by atoms with Crippen molar-refractivity contribution in [2.75, 3.05) is 6.54 Å². The van der Waals surface area contributed by atoms with Gasteiger partial charge < -0.3 is 10.1 Å². The van der Waals surface area contributed by atoms with E-state index in [0.717, 1.165) is 11.1 Å². The van der Waals surface area contributed by atoms with Crippen molar-refractivity contribution in [1.82, 2.24) is 15.1 Å². The lowest BCUT2D eigenvalue weighted by molar-refractivity contribution is 0.200. The Morgan fingerprint density at radius 1 is 1.08 bits per heavy atom. The molecule has 0 saturated heterocycles. The van der Waals surface area contributed by atoms with Crippen LogP contribution < -0.4 is 10.1 Å². The molecular weight excluding hydrogens is 373 g/mol. The number of hydrogen-bond acceptors (Lipinski definition) is 3. The maximum atomic E-state index is 11.9. The van der Waals surface area contributed by atoms with E-state index in [4.69, 9.17) is 27.9 Å². The quantitative estimate of drug-likeness (QED) is 0.671. The van der Waals surface area contributed by atoms with Crippen molar-refractivity contribution >= 4 is 29.3 Å². The number of nitrogens with one attached hydrogen (secondary N) is 1. The van der Waals surface area contributed by atoms with Crippen molar-refractivity contribution < 1.29 is 9.53 Å². The van der Waals surface area contributed by atoms with Gasteiger partial charge in [0.05, 0.1) is 18.9 Å². The van der Waals surface area contributed by atoms with E-state index < -0.39 is 6.09 Å². The molecule has 0 saturated carbocycles. The van der Waals surface area contributed by atoms with Gasteiger partial charge in [0, 0.05) is 16.6 Å². The first kappa shape index (κ1) is 18.3. The number of ether oxygens (including phenoxy) is 1. The number of carbonyl (C=O) groups excluding carboxylic acids is 1. The average molecular weight is 390 g/mol. The molecule has 0 aliphatic heterocycles. The van der Waals surface area contributed by atoms with Crippen molar-refractivity contribution in [3.8, 4) is 5.75 Å². The van der Waals surface area contributed by atoms with Gasteiger partial charge in [-0.15, -0.1) is 0 Å². The van der Waals surface area contributed by atoms with Crippen LogP contribution in [0.5, 0.6) is 5.75 Å². The molecule has 0 unspecified atom stereocenters. The number of nitrogens with zero attached hydrogens (tertiary/aromatic N) is 2. The van der Waals surface area contributed by atoms with Crippen molar-refractivity contribution in [1.29, 1.82) is 0 Å². The number of carbonyl (C=O) groups is 1. The topological polar surface area (TPSA) is 56.1 Å². The number of hydrogen-bond donors (Lipinski definition) is 1. The van der Waals surface area contributed by atoms with Crippen LogP contribution in [0.2, 0.25) is 10.0 Å². The minimum atomic E-state index is -0.549. The van der Waals surface area contributed by atoms with E-state index in [1.807, 2.05) is 30.3 Å². The second-order valence-electron chi connectivity index (χ2n) is 5.63. The van der Waals surface area contributed by atoms with E-state index in [0.29, 0.717) is 35.3 Å². The van der Waals surface area contributed by atoms with Crippen LogP contribution in [-0.2, 0) is 13.0 Å². The molecule has 0 bridgehead atoms. The summed E-state index contributed by atoms with van der Waals surface area (Å²) in [7, 11) is 0. The Bertz CT molecular complexity index is 861. The van der Waals surface area contributed by atoms with Gasteiger partial charge >= 0.3 is 6.09 Å². The van der Waals surface area contributed by atoms with Gasteiger partial charge in [-0.1, -0.05) is 59.6 Å². The van der Waals surface area contributed by atoms with Gasteiger partial charge in [-0.3, -0.25) is 4.68 Å². The third-order valence-corrected chi connectivity index (χ3v) is 4.42. The van der Waals surface area contributed by atoms with Gasteiger partial charge in [0.2, 0.25) is 0 Å². The smallest absolute Gasteiger partial charge is 0.407 e. The van der Waals surface area contributed by atoms with Crippen LogP contribution in [0, 0.1) is 0 Å². The predicted molar refractivity (Wildman–Crippen MR) is 102 cm³/mol. The Morgan fingerprint density at radius 3 is 2.54 bits per heavy atom. The summed E-state index contributed by atoms with van der Waals surface area (Å²) in [5.41, 5.74) is 1.91. The number of halogens is 2. The van der Waals surface area contributed by atoms with E-state index >= 15 is 0 Å². The largest absolute Gasteiger partial charge is 0.412 e. The maximum Gasteiger partial charge on any atom is 0.412 e. The molecule has 26 heavy (non-hydrogen) atoms. The van der Waals surface area contributed by atoms with Gasteiger partial charge in [-0.2, -0.15) is 5.10 Å². The molecule has 1 N–H and O–H groups in total. The van der Waals surface area contributed by atoms with Gasteiger partial charge in [-0.25, -0.2) is 4.79 Å². The molecular formula is C19H17Cl2N3O2. The summed E-state index contributed by atoms with van der Waals surface area (Å²) in [6, 6.07) is 15.2. The van der Waals surface area contributed by atoms with Gasteiger partial charge in [0.15, 0.2) is 5.75 Å². The monoisotopic (exact) mass is 389 g/mol. The molecule has 0 atom stereocenters. The molecule has 3 aromatic rings. The Morgan fingerprint density at radius 2 is 1.81 bits per heavy atom. The molecule has 0 radical (unpaired) electrons. The maximum absolute atomic E-state index is 11.9. The Balaban J connectivity index is 1.48. The van der Waals surface area contributed by atoms with Crippen LogP contribution in [0.1, 0.15) is 11.1 Å². The Labute approximate surface area is 161 Å². The molecule has 1 heterocycles. The van der Waals surface area contributed by atoms with Crippen LogP contribution in [0.25, 0.3) is 0 Å². The molecule has 0 spiro atoms. The highest BCUT2D eigenvalue weighted by atomic mass is 35.5. The van der Waals surface area contributed by atoms with Crippen molar-refractivity contribution in [3.63, 3.8) is 0 Å². The first-order valence-electron chi connectivity index (χ1n) is 8.07. The molecule has 1 aromatic heterocycles. The van der Waals surface area contributed by atoms with Crippen molar-refractivity contribution in [2.24, 2.45) is 0 Å². The van der Waals surface area contributed by atoms with Crippen molar-refractivity contribution in [3.05, 3.63) is 82.1 Å². The SMILES string of the molecule is O=C(NCCc1c(Cl)cccc1Cl)Oc1cnn(Cc2ccccc2)c1. The lowest BCUT2D eigenvalue weighted by Gasteiger charge is -2.08. The number of rotatable bonds is 6. The Hall–Kier alpha value is -2.50. The predicted octanol–water partition coefficient (Wildman–Crippen LogP) is 4.57. The van der Waals surface area contributed by atoms with E-state index in [1.54, 1.807) is 29.1 Å². The highest BCUT2D eigenvalue weighted by Crippen LogP contribution is 2.24. The second kappa shape index (κ2) is 8.74. The number of amides is 1. The van der Waals surface area contributed by atoms with E-state index in [-0.39, 0.29) is 0 Å². The minimum Gasteiger partial charge on any atom is -0.407 e. The van der Waals surface area contributed by atoms with Crippen LogP contribution in [-0.4, -0.2) is 22.4 Å². The summed E-state index contributed by atoms with van der Waals surface area (Å²) in [5, 5.41) is 8.03. The first-order valence-corrected chi connectivity index (χ1v) is 8.82. The summed E-state index contributed by atoms with van der Waals surface area (Å²) in [5.74, 6) is 0.384. The summed E-state index contributed by atoms with van der Waals surface area (Å²) >= 11 is 12.2. The lowest BCUT2D eigenvalue weighted by atomic mass is 10.1. The Kier molecular flexibility index (Phi) is 6.15. The fourth-order valence-electron chi connectivity index (χ4n) is 2.46. The van der Waals surface area contributed by atoms with Crippen molar-refractivity contribution in [2.45, 2.75) is 13.0 Å². The number of benzene rings is 2. The number of aromatic nitrogens is 2. The van der Waals surface area contributed by atoms with Crippen LogP contribution in [0.4, 0.5) is 4.79 Å². The summed E-state index contributed by atoms with van der Waals surface area (Å²) in [4.78, 5) is 11.9. The zero-order valence-electron chi connectivity index (χ0n) is 13.9. The van der Waals surface area contributed by atoms with Gasteiger partial charge in [0.1, 0.15) is 0 Å². The standard InChI is InChI=1S/C19H17Cl2N3O2/c20-17-7-4-8-18(21)16(17)9-10-22-19(25)26-15-11-23-24(13-15)12-14-5-2-1-3-6-14/h1-8,11,13H,9-10,12H2,(H,22,25). The lowest BCUT2D eigenvalue weighted by Crippen LogP contribution is -2.28. The second-order valence-corrected chi connectivity index (χ2v) is 6.44. The average Bonchev–Trinajstić information content (AvgIpc) is 3.05. The molecule has 0 aliphatic rings. The molecule has 1 amide bonds. The van der Waals surface area contributed by atoms with E-state index in [9.17, 15) is 4.79 Å². The van der Waals surface area contributed by atoms with Crippen LogP contribution in [0.3, 0.4) is 0 Å². The molecule has 3 rings (SSSR count). The molecule has 134 valence electrons. The summed E-state index contributed by atoms with van der Waals surface area (Å²) < 4.78 is 6.94. The summed E-state index contributed by atoms with van der Waals surface area (Å²) in [6.45, 7) is 0.970. The zero-order chi connectivity index (χ0) is 18.4. The normalized spacial score (nSPS) is 10.5. The van der Waals surface area contributed by atoms with Crippen LogP contribution in [0.15, 0.2) is 60.9 Å². The summed E-state index contributed by atoms with van der Waals surface area (Å²) in [6.07, 6.45) is 3.15. The molecule has 0 fully saturated rings. The third kappa shape index (κ3) is 5.00. The highest BCUT2D eigenvalue weighted by Gasteiger charge is 2.09. The van der Waals surface area contributed by atoms with E-state index in [1.165, 1.54) is 6.20 Å². The molecule has 0 aliphatic carbocycles. The van der Waals surface area contributed by atoms with Gasteiger partial charge in [0.25, 0.3) is 0 Å². The molecule has 7 heteroatoms. The minimum absolute atomic E-state index is 0.362. The first-order chi connectivity index (χ1) is 12.6. The van der Waals surface area contributed by atoms with E-state index in [2.05, 4.69) is 10.4 Å².